The molecule has 0 aromatic carbocycles. The Labute approximate surface area is 143 Å². The highest BCUT2D eigenvalue weighted by Crippen LogP contribution is 2.15. The number of quaternary nitrogens is 1. The van der Waals surface area contributed by atoms with Gasteiger partial charge in [-0.2, -0.15) is 0 Å². The number of ether oxygens (including phenoxy) is 1. The monoisotopic (exact) mass is 349 g/mol. The van der Waals surface area contributed by atoms with Gasteiger partial charge in [-0.25, -0.2) is 0 Å². The van der Waals surface area contributed by atoms with Crippen LogP contribution in [0.15, 0.2) is 0 Å². The lowest BCUT2D eigenvalue weighted by molar-refractivity contribution is -0.870. The molecule has 1 N–H and O–H groups in total. The predicted octanol–water partition coefficient (Wildman–Crippen LogP) is 1.75. The SMILES string of the molecule is CCO[Si](C)(CCCNCCC(=O)OCC[N+](C)(C)C)OCC. The number of nitrogens with one attached hydrogen (secondary N) is 1. The van der Waals surface area contributed by atoms with Gasteiger partial charge in [0.05, 0.1) is 27.6 Å². The van der Waals surface area contributed by atoms with Crippen molar-refractivity contribution in [3.05, 3.63) is 0 Å². The van der Waals surface area contributed by atoms with Crippen LogP contribution >= 0.6 is 0 Å². The lowest BCUT2D eigenvalue weighted by Gasteiger charge is -2.25. The van der Waals surface area contributed by atoms with Crippen LogP contribution in [0.3, 0.4) is 0 Å². The van der Waals surface area contributed by atoms with Crippen LogP contribution in [0.2, 0.25) is 12.6 Å². The van der Waals surface area contributed by atoms with Gasteiger partial charge in [-0.05, 0) is 39.4 Å². The fourth-order valence-electron chi connectivity index (χ4n) is 2.15. The van der Waals surface area contributed by atoms with Gasteiger partial charge in [-0.3, -0.25) is 4.79 Å². The van der Waals surface area contributed by atoms with Gasteiger partial charge in [0.1, 0.15) is 13.2 Å². The summed E-state index contributed by atoms with van der Waals surface area (Å²) in [5.41, 5.74) is 0. The van der Waals surface area contributed by atoms with Crippen molar-refractivity contribution in [2.45, 2.75) is 39.3 Å². The molecule has 0 bridgehead atoms. The Morgan fingerprint density at radius 2 is 1.70 bits per heavy atom. The normalized spacial score (nSPS) is 12.4. The molecular weight excluding hydrogens is 312 g/mol. The van der Waals surface area contributed by atoms with Crippen LogP contribution in [0.4, 0.5) is 0 Å². The summed E-state index contributed by atoms with van der Waals surface area (Å²) >= 11 is 0. The molecule has 0 rings (SSSR count). The first kappa shape index (κ1) is 22.5. The Morgan fingerprint density at radius 1 is 1.09 bits per heavy atom. The van der Waals surface area contributed by atoms with E-state index in [-0.39, 0.29) is 5.97 Å². The molecule has 0 amide bonds. The zero-order valence-electron chi connectivity index (χ0n) is 15.9. The largest absolute Gasteiger partial charge is 0.460 e. The highest BCUT2D eigenvalue weighted by molar-refractivity contribution is 6.66. The Bertz CT molecular complexity index is 316. The molecule has 0 spiro atoms. The van der Waals surface area contributed by atoms with Gasteiger partial charge in [0, 0.05) is 19.8 Å². The maximum Gasteiger partial charge on any atom is 0.334 e. The van der Waals surface area contributed by atoms with Gasteiger partial charge in [0.2, 0.25) is 0 Å². The lowest BCUT2D eigenvalue weighted by Crippen LogP contribution is -2.39. The summed E-state index contributed by atoms with van der Waals surface area (Å²) in [4.78, 5) is 11.6. The molecule has 0 aromatic rings. The molecule has 138 valence electrons. The molecule has 0 saturated heterocycles. The molecule has 0 aliphatic heterocycles. The van der Waals surface area contributed by atoms with Gasteiger partial charge >= 0.3 is 14.5 Å². The van der Waals surface area contributed by atoms with Crippen molar-refractivity contribution in [2.75, 3.05) is 60.6 Å². The highest BCUT2D eigenvalue weighted by Gasteiger charge is 2.29. The molecular formula is C16H37N2O4Si+. The lowest BCUT2D eigenvalue weighted by atomic mass is 10.4. The minimum Gasteiger partial charge on any atom is -0.460 e. The summed E-state index contributed by atoms with van der Waals surface area (Å²) in [6.45, 7) is 10.4. The van der Waals surface area contributed by atoms with Crippen LogP contribution in [0.5, 0.6) is 0 Å². The summed E-state index contributed by atoms with van der Waals surface area (Å²) in [7, 11) is 4.24. The highest BCUT2D eigenvalue weighted by atomic mass is 28.4. The molecule has 0 fully saturated rings. The molecule has 0 heterocycles. The van der Waals surface area contributed by atoms with E-state index in [1.54, 1.807) is 0 Å². The van der Waals surface area contributed by atoms with E-state index in [0.29, 0.717) is 32.8 Å². The van der Waals surface area contributed by atoms with Crippen LogP contribution < -0.4 is 5.32 Å². The molecule has 0 aliphatic rings. The molecule has 0 radical (unpaired) electrons. The third-order valence-electron chi connectivity index (χ3n) is 3.41. The van der Waals surface area contributed by atoms with E-state index in [4.69, 9.17) is 13.6 Å². The number of hydrogen-bond donors (Lipinski definition) is 1. The molecule has 7 heteroatoms. The van der Waals surface area contributed by atoms with E-state index >= 15 is 0 Å². The Hall–Kier alpha value is -0.473. The molecule has 0 atom stereocenters. The first-order chi connectivity index (χ1) is 10.7. The van der Waals surface area contributed by atoms with Crippen LogP contribution in [0.1, 0.15) is 26.7 Å². The van der Waals surface area contributed by atoms with E-state index < -0.39 is 8.56 Å². The zero-order valence-corrected chi connectivity index (χ0v) is 16.9. The Balaban J connectivity index is 3.66. The number of nitrogens with zero attached hydrogens (tertiary/aromatic N) is 1. The number of carbonyl (C=O) groups is 1. The van der Waals surface area contributed by atoms with E-state index in [1.807, 2.05) is 13.8 Å². The average Bonchev–Trinajstić information content (AvgIpc) is 2.41. The molecule has 23 heavy (non-hydrogen) atoms. The second kappa shape index (κ2) is 12.0. The first-order valence-corrected chi connectivity index (χ1v) is 11.2. The summed E-state index contributed by atoms with van der Waals surface area (Å²) in [5, 5.41) is 3.29. The van der Waals surface area contributed by atoms with Crippen molar-refractivity contribution in [1.29, 1.82) is 0 Å². The minimum absolute atomic E-state index is 0.131. The molecule has 6 nitrogen and oxygen atoms in total. The van der Waals surface area contributed by atoms with Crippen molar-refractivity contribution in [3.63, 3.8) is 0 Å². The van der Waals surface area contributed by atoms with Gasteiger partial charge in [0.15, 0.2) is 0 Å². The molecule has 0 aromatic heterocycles. The van der Waals surface area contributed by atoms with Crippen LogP contribution in [0.25, 0.3) is 0 Å². The van der Waals surface area contributed by atoms with E-state index in [0.717, 1.165) is 30.0 Å². The van der Waals surface area contributed by atoms with E-state index in [9.17, 15) is 4.79 Å². The summed E-state index contributed by atoms with van der Waals surface area (Å²) in [6, 6.07) is 0.968. The summed E-state index contributed by atoms with van der Waals surface area (Å²) in [5.74, 6) is -0.131. The Morgan fingerprint density at radius 3 is 2.22 bits per heavy atom. The maximum atomic E-state index is 11.6. The van der Waals surface area contributed by atoms with E-state index in [2.05, 4.69) is 33.0 Å². The topological polar surface area (TPSA) is 56.8 Å². The summed E-state index contributed by atoms with van der Waals surface area (Å²) in [6.07, 6.45) is 1.42. The van der Waals surface area contributed by atoms with Gasteiger partial charge in [0.25, 0.3) is 0 Å². The zero-order chi connectivity index (χ0) is 17.8. The second-order valence-corrected chi connectivity index (χ2v) is 10.2. The fraction of sp³-hybridized carbons (Fsp3) is 0.938. The predicted molar refractivity (Wildman–Crippen MR) is 95.6 cm³/mol. The maximum absolute atomic E-state index is 11.6. The van der Waals surface area contributed by atoms with Crippen LogP contribution in [-0.2, 0) is 18.4 Å². The molecule has 0 aliphatic carbocycles. The third kappa shape index (κ3) is 13.6. The number of rotatable bonds is 14. The molecule has 0 saturated carbocycles. The van der Waals surface area contributed by atoms with Crippen molar-refractivity contribution in [2.24, 2.45) is 0 Å². The van der Waals surface area contributed by atoms with Crippen molar-refractivity contribution < 1.29 is 22.9 Å². The minimum atomic E-state index is -2.00. The van der Waals surface area contributed by atoms with Gasteiger partial charge in [-0.1, -0.05) is 0 Å². The first-order valence-electron chi connectivity index (χ1n) is 8.67. The van der Waals surface area contributed by atoms with E-state index in [1.165, 1.54) is 0 Å². The van der Waals surface area contributed by atoms with Crippen molar-refractivity contribution >= 4 is 14.5 Å². The van der Waals surface area contributed by atoms with Gasteiger partial charge in [-0.15, -0.1) is 0 Å². The quantitative estimate of drug-likeness (QED) is 0.224. The number of hydrogen-bond acceptors (Lipinski definition) is 5. The second-order valence-electron chi connectivity index (χ2n) is 6.84. The average molecular weight is 350 g/mol. The van der Waals surface area contributed by atoms with Crippen LogP contribution in [0, 0.1) is 0 Å². The smallest absolute Gasteiger partial charge is 0.334 e. The number of carbonyl (C=O) groups excluding carboxylic acids is 1. The number of likely N-dealkylation sites (N-methyl/N-ethyl adjacent to an activating group) is 1. The Kier molecular flexibility index (Phi) is 11.7. The fourth-order valence-corrected chi connectivity index (χ4v) is 4.56. The summed E-state index contributed by atoms with van der Waals surface area (Å²) < 4.78 is 17.6. The number of esters is 1. The standard InChI is InChI=1S/C16H37N2O4Si/c1-7-21-23(6,22-8-2)15-9-11-17-12-10-16(19)20-14-13-18(3,4)5/h17H,7-15H2,1-6H3/q+1. The van der Waals surface area contributed by atoms with Crippen LogP contribution in [-0.4, -0.2) is 79.6 Å². The van der Waals surface area contributed by atoms with Gasteiger partial charge < -0.3 is 23.4 Å². The van der Waals surface area contributed by atoms with Crippen molar-refractivity contribution in [1.82, 2.24) is 5.32 Å². The van der Waals surface area contributed by atoms with Crippen molar-refractivity contribution in [3.8, 4) is 0 Å². The third-order valence-corrected chi connectivity index (χ3v) is 6.48. The molecule has 0 unspecified atom stereocenters.